The smallest absolute Gasteiger partial charge is 0.246 e. The molecule has 4 nitrogen and oxygen atoms in total. The molecule has 5 heteroatoms. The average Bonchev–Trinajstić information content (AvgIpc) is 2.87. The van der Waals surface area contributed by atoms with Crippen molar-refractivity contribution in [2.75, 3.05) is 18.8 Å². The van der Waals surface area contributed by atoms with Gasteiger partial charge in [-0.25, -0.2) is 0 Å². The summed E-state index contributed by atoms with van der Waals surface area (Å²) in [5.41, 5.74) is 0. The summed E-state index contributed by atoms with van der Waals surface area (Å²) in [6.07, 6.45) is 4.94. The number of nitrogens with zero attached hydrogens (tertiary/aromatic N) is 2. The van der Waals surface area contributed by atoms with Crippen molar-refractivity contribution in [2.24, 2.45) is 0 Å². The molecule has 0 aromatic heterocycles. The molecule has 0 N–H and O–H groups in total. The molecule has 0 saturated carbocycles. The summed E-state index contributed by atoms with van der Waals surface area (Å²) in [4.78, 5) is 28.3. The lowest BCUT2D eigenvalue weighted by Gasteiger charge is -2.34. The first kappa shape index (κ1) is 12.3. The van der Waals surface area contributed by atoms with Gasteiger partial charge in [0.25, 0.3) is 0 Å². The number of amides is 2. The molecule has 3 fully saturated rings. The van der Waals surface area contributed by atoms with Gasteiger partial charge in [-0.1, -0.05) is 0 Å². The molecule has 0 aromatic carbocycles. The summed E-state index contributed by atoms with van der Waals surface area (Å²) in [7, 11) is 0. The third-order valence-corrected chi connectivity index (χ3v) is 5.90. The average molecular weight is 268 g/mol. The Kier molecular flexibility index (Phi) is 3.04. The largest absolute Gasteiger partial charge is 0.341 e. The van der Waals surface area contributed by atoms with E-state index in [0.717, 1.165) is 38.1 Å². The van der Waals surface area contributed by atoms with Gasteiger partial charge < -0.3 is 9.80 Å². The Hall–Kier alpha value is -0.710. The summed E-state index contributed by atoms with van der Waals surface area (Å²) in [6, 6.07) is -0.201. The van der Waals surface area contributed by atoms with Gasteiger partial charge >= 0.3 is 0 Å². The van der Waals surface area contributed by atoms with Crippen LogP contribution >= 0.6 is 11.8 Å². The summed E-state index contributed by atoms with van der Waals surface area (Å²) in [5.74, 6) is 1.12. The molecule has 18 heavy (non-hydrogen) atoms. The molecule has 3 rings (SSSR count). The maximum Gasteiger partial charge on any atom is 0.246 e. The molecule has 3 heterocycles. The quantitative estimate of drug-likeness (QED) is 0.723. The van der Waals surface area contributed by atoms with E-state index in [1.165, 1.54) is 6.42 Å². The minimum Gasteiger partial charge on any atom is -0.341 e. The zero-order valence-electron chi connectivity index (χ0n) is 10.9. The second-order valence-electron chi connectivity index (χ2n) is 5.65. The Morgan fingerprint density at radius 1 is 1.33 bits per heavy atom. The van der Waals surface area contributed by atoms with Crippen LogP contribution in [0.2, 0.25) is 0 Å². The summed E-state index contributed by atoms with van der Waals surface area (Å²) >= 11 is 1.78. The number of fused-ring (bicyclic) bond motifs is 1. The minimum absolute atomic E-state index is 0.118. The lowest BCUT2D eigenvalue weighted by molar-refractivity contribution is -0.144. The van der Waals surface area contributed by atoms with Crippen LogP contribution in [0.4, 0.5) is 0 Å². The molecule has 3 saturated heterocycles. The molecule has 0 aliphatic carbocycles. The zero-order chi connectivity index (χ0) is 12.8. The molecule has 0 spiro atoms. The van der Waals surface area contributed by atoms with Crippen LogP contribution in [0, 0.1) is 0 Å². The van der Waals surface area contributed by atoms with Crippen molar-refractivity contribution in [1.29, 1.82) is 0 Å². The number of thioether (sulfide) groups is 1. The molecule has 2 amide bonds. The highest BCUT2D eigenvalue weighted by Crippen LogP contribution is 2.47. The maximum absolute atomic E-state index is 12.5. The number of carbonyl (C=O) groups excluding carboxylic acids is 2. The Morgan fingerprint density at radius 2 is 2.06 bits per heavy atom. The van der Waals surface area contributed by atoms with Crippen LogP contribution in [0.1, 0.15) is 39.0 Å². The summed E-state index contributed by atoms with van der Waals surface area (Å²) in [5, 5.41) is 0. The van der Waals surface area contributed by atoms with Gasteiger partial charge in [0.15, 0.2) is 0 Å². The maximum atomic E-state index is 12.5. The predicted octanol–water partition coefficient (Wildman–Crippen LogP) is 1.45. The van der Waals surface area contributed by atoms with Crippen LogP contribution in [0.25, 0.3) is 0 Å². The van der Waals surface area contributed by atoms with Crippen molar-refractivity contribution < 1.29 is 9.59 Å². The van der Waals surface area contributed by atoms with Gasteiger partial charge in [0.05, 0.1) is 4.87 Å². The highest BCUT2D eigenvalue weighted by molar-refractivity contribution is 8.01. The summed E-state index contributed by atoms with van der Waals surface area (Å²) < 4.78 is 0. The van der Waals surface area contributed by atoms with Crippen molar-refractivity contribution in [3.8, 4) is 0 Å². The normalized spacial score (nSPS) is 36.1. The van der Waals surface area contributed by atoms with Crippen LogP contribution < -0.4 is 0 Å². The van der Waals surface area contributed by atoms with Gasteiger partial charge in [0, 0.05) is 25.3 Å². The van der Waals surface area contributed by atoms with Gasteiger partial charge in [0.1, 0.15) is 6.04 Å². The van der Waals surface area contributed by atoms with Crippen molar-refractivity contribution in [3.05, 3.63) is 0 Å². The molecule has 3 aliphatic heterocycles. The molecular weight excluding hydrogens is 248 g/mol. The molecule has 0 radical (unpaired) electrons. The van der Waals surface area contributed by atoms with Crippen molar-refractivity contribution >= 4 is 23.6 Å². The van der Waals surface area contributed by atoms with Crippen molar-refractivity contribution in [3.63, 3.8) is 0 Å². The van der Waals surface area contributed by atoms with E-state index in [-0.39, 0.29) is 22.7 Å². The van der Waals surface area contributed by atoms with Crippen LogP contribution in [0.5, 0.6) is 0 Å². The molecule has 0 bridgehead atoms. The molecular formula is C13H20N2O2S. The molecule has 2 atom stereocenters. The fourth-order valence-electron chi connectivity index (χ4n) is 3.33. The third-order valence-electron chi connectivity index (χ3n) is 4.40. The zero-order valence-corrected chi connectivity index (χ0v) is 11.7. The first-order valence-corrected chi connectivity index (χ1v) is 7.85. The standard InChI is InChI=1S/C13H20N2O2S/c1-13-6-5-11(16)15(13)10(9-18-13)12(17)14-7-3-2-4-8-14/h10H,2-9H2,1H3/t10-,13-/m0/s1. The van der Waals surface area contributed by atoms with E-state index in [1.807, 2.05) is 9.80 Å². The third kappa shape index (κ3) is 1.83. The fraction of sp³-hybridized carbons (Fsp3) is 0.846. The van der Waals surface area contributed by atoms with Crippen LogP contribution in [-0.2, 0) is 9.59 Å². The first-order chi connectivity index (χ1) is 8.62. The number of rotatable bonds is 1. The fourth-order valence-corrected chi connectivity index (χ4v) is 4.75. The molecule has 3 aliphatic rings. The number of likely N-dealkylation sites (tertiary alicyclic amines) is 1. The van der Waals surface area contributed by atoms with E-state index in [9.17, 15) is 9.59 Å². The van der Waals surface area contributed by atoms with Crippen molar-refractivity contribution in [1.82, 2.24) is 9.80 Å². The number of hydrogen-bond donors (Lipinski definition) is 0. The topological polar surface area (TPSA) is 40.6 Å². The van der Waals surface area contributed by atoms with Gasteiger partial charge in [-0.3, -0.25) is 9.59 Å². The second kappa shape index (κ2) is 4.44. The highest BCUT2D eigenvalue weighted by atomic mass is 32.2. The first-order valence-electron chi connectivity index (χ1n) is 6.87. The SMILES string of the molecule is C[C@]12CCC(=O)N1[C@H](C(=O)N1CCCCC1)CS2. The Labute approximate surface area is 112 Å². The van der Waals surface area contributed by atoms with Crippen LogP contribution in [0.3, 0.4) is 0 Å². The van der Waals surface area contributed by atoms with Gasteiger partial charge in [-0.2, -0.15) is 0 Å². The molecule has 0 aromatic rings. The van der Waals surface area contributed by atoms with Crippen molar-refractivity contribution in [2.45, 2.75) is 49.9 Å². The lowest BCUT2D eigenvalue weighted by atomic mass is 10.1. The number of piperidine rings is 1. The Balaban J connectivity index is 1.76. The lowest BCUT2D eigenvalue weighted by Crippen LogP contribution is -2.52. The Morgan fingerprint density at radius 3 is 2.78 bits per heavy atom. The number of carbonyl (C=O) groups is 2. The summed E-state index contributed by atoms with van der Waals surface area (Å²) in [6.45, 7) is 3.85. The van der Waals surface area contributed by atoms with Gasteiger partial charge in [0.2, 0.25) is 11.8 Å². The number of hydrogen-bond acceptors (Lipinski definition) is 3. The van der Waals surface area contributed by atoms with Gasteiger partial charge in [-0.15, -0.1) is 11.8 Å². The second-order valence-corrected chi connectivity index (χ2v) is 7.15. The molecule has 0 unspecified atom stereocenters. The van der Waals surface area contributed by atoms with E-state index in [1.54, 1.807) is 11.8 Å². The van der Waals surface area contributed by atoms with Crippen LogP contribution in [-0.4, -0.2) is 51.4 Å². The Bertz CT molecular complexity index is 381. The van der Waals surface area contributed by atoms with Gasteiger partial charge in [-0.05, 0) is 32.6 Å². The minimum atomic E-state index is -0.201. The molecule has 100 valence electrons. The monoisotopic (exact) mass is 268 g/mol. The van der Waals surface area contributed by atoms with Crippen LogP contribution in [0.15, 0.2) is 0 Å². The van der Waals surface area contributed by atoms with E-state index in [2.05, 4.69) is 6.92 Å². The van der Waals surface area contributed by atoms with E-state index >= 15 is 0 Å². The van der Waals surface area contributed by atoms with E-state index in [4.69, 9.17) is 0 Å². The van der Waals surface area contributed by atoms with E-state index < -0.39 is 0 Å². The van der Waals surface area contributed by atoms with E-state index in [0.29, 0.717) is 6.42 Å². The highest BCUT2D eigenvalue weighted by Gasteiger charge is 2.53. The predicted molar refractivity (Wildman–Crippen MR) is 71.2 cm³/mol.